The highest BCUT2D eigenvalue weighted by Crippen LogP contribution is 2.14. The number of hydrogen-bond donors (Lipinski definition) is 0. The minimum absolute atomic E-state index is 0.0999. The highest BCUT2D eigenvalue weighted by atomic mass is 16.6. The minimum Gasteiger partial charge on any atom is -0.462 e. The molecule has 1 atom stereocenters. The first-order valence-corrected chi connectivity index (χ1v) is 31.6. The summed E-state index contributed by atoms with van der Waals surface area (Å²) in [5, 5.41) is 0. The summed E-state index contributed by atoms with van der Waals surface area (Å²) in [7, 11) is 0. The molecule has 0 aliphatic rings. The van der Waals surface area contributed by atoms with Gasteiger partial charge in [0.2, 0.25) is 0 Å². The number of carbonyl (C=O) groups is 3. The average Bonchev–Trinajstić information content (AvgIpc) is 3.45. The minimum atomic E-state index is -0.805. The fourth-order valence-electron chi connectivity index (χ4n) is 8.05. The molecular weight excluding hydrogens is 973 g/mol. The maximum absolute atomic E-state index is 12.9. The van der Waals surface area contributed by atoms with Gasteiger partial charge in [-0.05, 0) is 135 Å². The van der Waals surface area contributed by atoms with Crippen LogP contribution < -0.4 is 0 Å². The van der Waals surface area contributed by atoms with E-state index in [1.54, 1.807) is 0 Å². The Hall–Kier alpha value is -5.23. The summed E-state index contributed by atoms with van der Waals surface area (Å²) in [5.41, 5.74) is 0. The first-order chi connectivity index (χ1) is 39.0. The van der Waals surface area contributed by atoms with Crippen molar-refractivity contribution in [1.29, 1.82) is 0 Å². The van der Waals surface area contributed by atoms with E-state index in [-0.39, 0.29) is 31.1 Å². The van der Waals surface area contributed by atoms with E-state index in [4.69, 9.17) is 14.2 Å². The second-order valence-corrected chi connectivity index (χ2v) is 20.2. The van der Waals surface area contributed by atoms with Crippen LogP contribution in [-0.4, -0.2) is 37.2 Å². The normalized spacial score (nSPS) is 13.3. The van der Waals surface area contributed by atoms with Crippen molar-refractivity contribution in [3.05, 3.63) is 170 Å². The van der Waals surface area contributed by atoms with Gasteiger partial charge in [0.05, 0.1) is 0 Å². The van der Waals surface area contributed by atoms with Gasteiger partial charge in [0.25, 0.3) is 0 Å². The van der Waals surface area contributed by atoms with Crippen LogP contribution in [-0.2, 0) is 28.6 Å². The van der Waals surface area contributed by atoms with Crippen molar-refractivity contribution in [3.63, 3.8) is 0 Å². The molecule has 0 rings (SSSR count). The van der Waals surface area contributed by atoms with Crippen molar-refractivity contribution >= 4 is 17.9 Å². The quantitative estimate of drug-likeness (QED) is 0.0261. The van der Waals surface area contributed by atoms with Crippen LogP contribution in [0.1, 0.15) is 252 Å². The van der Waals surface area contributed by atoms with Gasteiger partial charge in [-0.2, -0.15) is 0 Å². The lowest BCUT2D eigenvalue weighted by molar-refractivity contribution is -0.167. The summed E-state index contributed by atoms with van der Waals surface area (Å²) >= 11 is 0. The molecule has 0 N–H and O–H groups in total. The standard InChI is InChI=1S/C73H114O6/c1-4-7-10-13-16-18-20-22-24-26-28-30-32-33-34-35-36-37-38-39-41-42-44-46-48-50-52-54-57-60-63-66-72(75)78-69-70(68-77-71(74)65-62-59-56-15-12-9-6-3)79-73(76)67-64-61-58-55-53-51-49-47-45-43-40-31-29-27-25-23-21-19-17-14-11-8-5-2/h7-8,10-11,16-19,22-25,28-31,33-34,36-37,39,41,43-46,50,52,70H,4-6,9,12-15,20-21,26-27,32,35,38,40,42,47-49,51,53-69H2,1-3H3/b10-7-,11-8-,18-16-,19-17-,24-22-,25-23-,30-28-,31-29-,34-33-,37-36-,41-39-,45-43-,46-44-,52-50-. The number of allylic oxidation sites excluding steroid dienone is 28. The van der Waals surface area contributed by atoms with E-state index >= 15 is 0 Å². The Morgan fingerprint density at radius 3 is 0.785 bits per heavy atom. The predicted molar refractivity (Wildman–Crippen MR) is 343 cm³/mol. The summed E-state index contributed by atoms with van der Waals surface area (Å²) in [5.74, 6) is -0.959. The van der Waals surface area contributed by atoms with Crippen molar-refractivity contribution in [2.45, 2.75) is 258 Å². The van der Waals surface area contributed by atoms with Crippen LogP contribution in [0.25, 0.3) is 0 Å². The van der Waals surface area contributed by atoms with Gasteiger partial charge in [0, 0.05) is 19.3 Å². The molecule has 0 aliphatic heterocycles. The Labute approximate surface area is 485 Å². The number of unbranched alkanes of at least 4 members (excludes halogenated alkanes) is 16. The molecule has 6 heteroatoms. The summed E-state index contributed by atoms with van der Waals surface area (Å²) < 4.78 is 16.8. The van der Waals surface area contributed by atoms with Gasteiger partial charge >= 0.3 is 17.9 Å². The van der Waals surface area contributed by atoms with Crippen LogP contribution in [0.15, 0.2) is 170 Å². The zero-order valence-electron chi connectivity index (χ0n) is 50.6. The second kappa shape index (κ2) is 65.3. The van der Waals surface area contributed by atoms with Crippen LogP contribution >= 0.6 is 0 Å². The van der Waals surface area contributed by atoms with Crippen molar-refractivity contribution in [2.24, 2.45) is 0 Å². The molecule has 1 unspecified atom stereocenters. The molecule has 0 spiro atoms. The maximum atomic E-state index is 12.9. The van der Waals surface area contributed by atoms with Gasteiger partial charge in [-0.25, -0.2) is 0 Å². The van der Waals surface area contributed by atoms with Crippen molar-refractivity contribution in [3.8, 4) is 0 Å². The van der Waals surface area contributed by atoms with E-state index in [9.17, 15) is 14.4 Å². The van der Waals surface area contributed by atoms with E-state index < -0.39 is 6.10 Å². The molecule has 0 amide bonds. The molecule has 0 aromatic rings. The molecule has 0 fully saturated rings. The van der Waals surface area contributed by atoms with Crippen molar-refractivity contribution in [2.75, 3.05) is 13.2 Å². The zero-order valence-corrected chi connectivity index (χ0v) is 50.6. The molecule has 0 aliphatic carbocycles. The summed E-state index contributed by atoms with van der Waals surface area (Å²) in [4.78, 5) is 38.1. The molecule has 0 aromatic carbocycles. The van der Waals surface area contributed by atoms with Crippen LogP contribution in [0.2, 0.25) is 0 Å². The second-order valence-electron chi connectivity index (χ2n) is 20.2. The molecule has 0 aromatic heterocycles. The smallest absolute Gasteiger partial charge is 0.306 e. The number of ether oxygens (including phenoxy) is 3. The first-order valence-electron chi connectivity index (χ1n) is 31.6. The van der Waals surface area contributed by atoms with Crippen LogP contribution in [0.4, 0.5) is 0 Å². The van der Waals surface area contributed by atoms with E-state index in [1.807, 2.05) is 0 Å². The molecule has 0 bridgehead atoms. The fourth-order valence-corrected chi connectivity index (χ4v) is 8.05. The molecule has 0 radical (unpaired) electrons. The molecular formula is C73H114O6. The van der Waals surface area contributed by atoms with Gasteiger partial charge in [0.15, 0.2) is 6.10 Å². The Bertz CT molecular complexity index is 1820. The van der Waals surface area contributed by atoms with Gasteiger partial charge in [-0.3, -0.25) is 14.4 Å². The molecule has 6 nitrogen and oxygen atoms in total. The van der Waals surface area contributed by atoms with Gasteiger partial charge < -0.3 is 14.2 Å². The van der Waals surface area contributed by atoms with Crippen molar-refractivity contribution in [1.82, 2.24) is 0 Å². The zero-order chi connectivity index (χ0) is 57.1. The number of esters is 3. The largest absolute Gasteiger partial charge is 0.462 e. The van der Waals surface area contributed by atoms with Crippen LogP contribution in [0.3, 0.4) is 0 Å². The third-order valence-corrected chi connectivity index (χ3v) is 12.7. The van der Waals surface area contributed by atoms with E-state index in [0.717, 1.165) is 167 Å². The Kier molecular flexibility index (Phi) is 61.0. The monoisotopic (exact) mass is 1090 g/mol. The van der Waals surface area contributed by atoms with E-state index in [1.165, 1.54) is 44.9 Å². The van der Waals surface area contributed by atoms with Crippen LogP contribution in [0, 0.1) is 0 Å². The molecule has 79 heavy (non-hydrogen) atoms. The van der Waals surface area contributed by atoms with Gasteiger partial charge in [0.1, 0.15) is 13.2 Å². The lowest BCUT2D eigenvalue weighted by atomic mass is 10.1. The highest BCUT2D eigenvalue weighted by Gasteiger charge is 2.19. The van der Waals surface area contributed by atoms with Crippen molar-refractivity contribution < 1.29 is 28.6 Å². The predicted octanol–water partition coefficient (Wildman–Crippen LogP) is 21.9. The average molecular weight is 1090 g/mol. The van der Waals surface area contributed by atoms with E-state index in [2.05, 4.69) is 191 Å². The van der Waals surface area contributed by atoms with Gasteiger partial charge in [-0.15, -0.1) is 0 Å². The maximum Gasteiger partial charge on any atom is 0.306 e. The van der Waals surface area contributed by atoms with E-state index in [0.29, 0.717) is 19.3 Å². The third-order valence-electron chi connectivity index (χ3n) is 12.7. The lowest BCUT2D eigenvalue weighted by Gasteiger charge is -2.18. The third kappa shape index (κ3) is 63.5. The topological polar surface area (TPSA) is 78.9 Å². The summed E-state index contributed by atoms with van der Waals surface area (Å²) in [6.07, 6.45) is 96.6. The summed E-state index contributed by atoms with van der Waals surface area (Å²) in [6.45, 7) is 6.32. The number of rotatable bonds is 55. The molecule has 0 saturated carbocycles. The highest BCUT2D eigenvalue weighted by molar-refractivity contribution is 5.71. The molecule has 0 saturated heterocycles. The fraction of sp³-hybridized carbons (Fsp3) is 0.575. The Morgan fingerprint density at radius 1 is 0.266 bits per heavy atom. The van der Waals surface area contributed by atoms with Crippen LogP contribution in [0.5, 0.6) is 0 Å². The molecule has 0 heterocycles. The number of carbonyl (C=O) groups excluding carboxylic acids is 3. The SMILES string of the molecule is CC/C=C\C/C=C\C/C=C\C/C=C\C/C=C\C/C=C\C/C=C\C/C=C\C/C=C\CCCCCC(=O)OCC(COC(=O)CCCCCCCCC)OC(=O)CCCCCCCCC/C=C\C/C=C\C/C=C\C/C=C\C/C=C\CC. The first kappa shape index (κ1) is 73.8. The Balaban J connectivity index is 4.29. The number of hydrogen-bond acceptors (Lipinski definition) is 6. The molecule has 442 valence electrons. The Morgan fingerprint density at radius 2 is 0.494 bits per heavy atom. The van der Waals surface area contributed by atoms with Gasteiger partial charge in [-0.1, -0.05) is 268 Å². The summed E-state index contributed by atoms with van der Waals surface area (Å²) in [6, 6.07) is 0. The lowest BCUT2D eigenvalue weighted by Crippen LogP contribution is -2.30.